The fraction of sp³-hybridized carbons (Fsp3) is 0.714. The lowest BCUT2D eigenvalue weighted by atomic mass is 10.2. The first-order chi connectivity index (χ1) is 9.01. The number of hydrogen-bond donors (Lipinski definition) is 1. The zero-order valence-electron chi connectivity index (χ0n) is 12.5. The van der Waals surface area contributed by atoms with E-state index in [9.17, 15) is 9.59 Å². The van der Waals surface area contributed by atoms with Crippen LogP contribution >= 0.6 is 0 Å². The van der Waals surface area contributed by atoms with E-state index in [2.05, 4.69) is 13.8 Å². The maximum absolute atomic E-state index is 12.0. The van der Waals surface area contributed by atoms with Gasteiger partial charge in [0.05, 0.1) is 19.6 Å². The second kappa shape index (κ2) is 7.28. The van der Waals surface area contributed by atoms with Crippen molar-refractivity contribution in [1.29, 1.82) is 0 Å². The summed E-state index contributed by atoms with van der Waals surface area (Å²) in [6.07, 6.45) is 2.08. The van der Waals surface area contributed by atoms with Crippen molar-refractivity contribution in [3.05, 3.63) is 32.6 Å². The number of unbranched alkanes of at least 4 members (excludes halogenated alkanes) is 1. The van der Waals surface area contributed by atoms with Crippen LogP contribution in [0.5, 0.6) is 0 Å². The van der Waals surface area contributed by atoms with Crippen molar-refractivity contribution >= 4 is 0 Å². The molecule has 0 aliphatic rings. The maximum atomic E-state index is 12.0. The summed E-state index contributed by atoms with van der Waals surface area (Å²) in [6.45, 7) is 10.3. The molecule has 5 heteroatoms. The van der Waals surface area contributed by atoms with E-state index in [-0.39, 0.29) is 11.2 Å². The molecule has 1 N–H and O–H groups in total. The average Bonchev–Trinajstić information content (AvgIpc) is 2.39. The minimum atomic E-state index is -0.230. The standard InChI is InChI=1S/C14H25N3O2/c1-5-16(6-2)9-7-8-10-17-12(3)11-13(18)15(4)14(17)19/h11H,5-10H2,1-4H3/p+1. The summed E-state index contributed by atoms with van der Waals surface area (Å²) >= 11 is 0. The Morgan fingerprint density at radius 3 is 2.37 bits per heavy atom. The Hall–Kier alpha value is -1.36. The molecule has 0 saturated heterocycles. The van der Waals surface area contributed by atoms with Crippen molar-refractivity contribution in [3.63, 3.8) is 0 Å². The van der Waals surface area contributed by atoms with Crippen LogP contribution < -0.4 is 16.1 Å². The fourth-order valence-corrected chi connectivity index (χ4v) is 2.30. The summed E-state index contributed by atoms with van der Waals surface area (Å²) in [7, 11) is 1.53. The highest BCUT2D eigenvalue weighted by atomic mass is 16.2. The summed E-state index contributed by atoms with van der Waals surface area (Å²) in [5.74, 6) is 0. The van der Waals surface area contributed by atoms with Crippen LogP contribution in [0.4, 0.5) is 0 Å². The maximum Gasteiger partial charge on any atom is 0.330 e. The number of hydrogen-bond acceptors (Lipinski definition) is 2. The molecule has 1 aromatic heterocycles. The first-order valence-corrected chi connectivity index (χ1v) is 7.12. The summed E-state index contributed by atoms with van der Waals surface area (Å²) in [5, 5.41) is 0. The smallest absolute Gasteiger partial charge is 0.330 e. The molecular weight excluding hydrogens is 242 g/mol. The van der Waals surface area contributed by atoms with Crippen LogP contribution in [0.3, 0.4) is 0 Å². The quantitative estimate of drug-likeness (QED) is 0.682. The Bertz CT molecular complexity index is 512. The monoisotopic (exact) mass is 268 g/mol. The largest absolute Gasteiger partial charge is 0.335 e. The van der Waals surface area contributed by atoms with E-state index in [0.29, 0.717) is 6.54 Å². The van der Waals surface area contributed by atoms with Crippen molar-refractivity contribution in [3.8, 4) is 0 Å². The molecule has 0 bridgehead atoms. The molecule has 5 nitrogen and oxygen atoms in total. The normalized spacial score (nSPS) is 11.2. The highest BCUT2D eigenvalue weighted by molar-refractivity contribution is 4.99. The molecule has 0 aromatic carbocycles. The van der Waals surface area contributed by atoms with E-state index >= 15 is 0 Å². The molecule has 0 amide bonds. The van der Waals surface area contributed by atoms with Crippen LogP contribution in [0.15, 0.2) is 15.7 Å². The number of quaternary nitrogens is 1. The summed E-state index contributed by atoms with van der Waals surface area (Å²) in [5.41, 5.74) is 0.315. The summed E-state index contributed by atoms with van der Waals surface area (Å²) in [6, 6.07) is 1.52. The van der Waals surface area contributed by atoms with Crippen molar-refractivity contribution in [2.24, 2.45) is 7.05 Å². The molecule has 0 fully saturated rings. The van der Waals surface area contributed by atoms with Crippen molar-refractivity contribution < 1.29 is 4.90 Å². The molecule has 0 atom stereocenters. The third-order valence-corrected chi connectivity index (χ3v) is 3.77. The van der Waals surface area contributed by atoms with Gasteiger partial charge in [-0.15, -0.1) is 0 Å². The SMILES string of the molecule is CC[NH+](CC)CCCCn1c(C)cc(=O)n(C)c1=O. The van der Waals surface area contributed by atoms with Gasteiger partial charge in [-0.25, -0.2) is 4.79 Å². The number of rotatable bonds is 7. The van der Waals surface area contributed by atoms with E-state index in [1.165, 1.54) is 17.7 Å². The molecule has 1 heterocycles. The van der Waals surface area contributed by atoms with Crippen molar-refractivity contribution in [2.75, 3.05) is 19.6 Å². The van der Waals surface area contributed by atoms with Gasteiger partial charge >= 0.3 is 5.69 Å². The van der Waals surface area contributed by atoms with Crippen LogP contribution in [0.25, 0.3) is 0 Å². The summed E-state index contributed by atoms with van der Waals surface area (Å²) in [4.78, 5) is 25.0. The van der Waals surface area contributed by atoms with Gasteiger partial charge in [-0.1, -0.05) is 0 Å². The highest BCUT2D eigenvalue weighted by Gasteiger charge is 2.06. The Labute approximate surface area is 114 Å². The minimum absolute atomic E-state index is 0.208. The zero-order valence-corrected chi connectivity index (χ0v) is 12.5. The molecule has 0 spiro atoms. The van der Waals surface area contributed by atoms with E-state index in [0.717, 1.165) is 38.2 Å². The molecular formula is C14H26N3O2+. The number of aromatic nitrogens is 2. The number of nitrogens with zero attached hydrogens (tertiary/aromatic N) is 2. The lowest BCUT2D eigenvalue weighted by Crippen LogP contribution is -3.11. The van der Waals surface area contributed by atoms with Crippen LogP contribution in [0, 0.1) is 6.92 Å². The molecule has 0 unspecified atom stereocenters. The molecule has 0 radical (unpaired) electrons. The number of aryl methyl sites for hydroxylation is 1. The van der Waals surface area contributed by atoms with Gasteiger partial charge in [0.25, 0.3) is 5.56 Å². The molecule has 1 rings (SSSR count). The zero-order chi connectivity index (χ0) is 14.4. The second-order valence-corrected chi connectivity index (χ2v) is 5.03. The van der Waals surface area contributed by atoms with Gasteiger partial charge in [-0.05, 0) is 33.6 Å². The van der Waals surface area contributed by atoms with Gasteiger partial charge in [0.15, 0.2) is 0 Å². The third-order valence-electron chi connectivity index (χ3n) is 3.77. The van der Waals surface area contributed by atoms with Gasteiger partial charge in [0.1, 0.15) is 0 Å². The molecule has 108 valence electrons. The van der Waals surface area contributed by atoms with Gasteiger partial charge in [-0.2, -0.15) is 0 Å². The van der Waals surface area contributed by atoms with E-state index in [1.807, 2.05) is 6.92 Å². The predicted octanol–water partition coefficient (Wildman–Crippen LogP) is -0.440. The van der Waals surface area contributed by atoms with E-state index in [4.69, 9.17) is 0 Å². The molecule has 0 aliphatic carbocycles. The third kappa shape index (κ3) is 4.06. The molecule has 0 aliphatic heterocycles. The van der Waals surface area contributed by atoms with Crippen LogP contribution in [-0.4, -0.2) is 28.8 Å². The van der Waals surface area contributed by atoms with Gasteiger partial charge in [0.2, 0.25) is 0 Å². The summed E-state index contributed by atoms with van der Waals surface area (Å²) < 4.78 is 2.86. The van der Waals surface area contributed by atoms with E-state index < -0.39 is 0 Å². The first kappa shape index (κ1) is 15.7. The van der Waals surface area contributed by atoms with E-state index in [1.54, 1.807) is 9.47 Å². The van der Waals surface area contributed by atoms with Crippen molar-refractivity contribution in [1.82, 2.24) is 9.13 Å². The average molecular weight is 268 g/mol. The molecule has 0 saturated carbocycles. The topological polar surface area (TPSA) is 48.4 Å². The molecule has 19 heavy (non-hydrogen) atoms. The Balaban J connectivity index is 2.62. The second-order valence-electron chi connectivity index (χ2n) is 5.03. The Kier molecular flexibility index (Phi) is 6.02. The first-order valence-electron chi connectivity index (χ1n) is 7.12. The fourth-order valence-electron chi connectivity index (χ4n) is 2.30. The lowest BCUT2D eigenvalue weighted by Gasteiger charge is -2.15. The lowest BCUT2D eigenvalue weighted by molar-refractivity contribution is -0.896. The minimum Gasteiger partial charge on any atom is -0.335 e. The number of nitrogens with one attached hydrogen (secondary N) is 1. The Morgan fingerprint density at radius 1 is 1.16 bits per heavy atom. The highest BCUT2D eigenvalue weighted by Crippen LogP contribution is 1.95. The Morgan fingerprint density at radius 2 is 1.79 bits per heavy atom. The van der Waals surface area contributed by atoms with Gasteiger partial charge in [-0.3, -0.25) is 13.9 Å². The van der Waals surface area contributed by atoms with Crippen LogP contribution in [0.1, 0.15) is 32.4 Å². The van der Waals surface area contributed by atoms with Crippen LogP contribution in [-0.2, 0) is 13.6 Å². The van der Waals surface area contributed by atoms with Crippen molar-refractivity contribution in [2.45, 2.75) is 40.2 Å². The predicted molar refractivity (Wildman–Crippen MR) is 76.8 cm³/mol. The molecule has 1 aromatic rings. The van der Waals surface area contributed by atoms with Crippen LogP contribution in [0.2, 0.25) is 0 Å². The van der Waals surface area contributed by atoms with Gasteiger partial charge < -0.3 is 4.90 Å². The van der Waals surface area contributed by atoms with Gasteiger partial charge in [0, 0.05) is 25.4 Å².